The Morgan fingerprint density at radius 1 is 0.520 bits per heavy atom. The Morgan fingerprint density at radius 3 is 0.720 bits per heavy atom. The van der Waals surface area contributed by atoms with Crippen LogP contribution >= 0.6 is 15.8 Å². The second-order valence-electron chi connectivity index (χ2n) is 4.48. The third-order valence-electron chi connectivity index (χ3n) is 3.03. The third kappa shape index (κ3) is 32.8. The van der Waals surface area contributed by atoms with Gasteiger partial charge in [-0.2, -0.15) is 26.3 Å². The number of hydrogen-bond acceptors (Lipinski definition) is 0. The molecule has 0 aliphatic heterocycles. The Balaban J connectivity index is -0.000000133. The molecule has 0 aliphatic rings. The fourth-order valence-electron chi connectivity index (χ4n) is 1.48. The van der Waals surface area contributed by atoms with E-state index in [9.17, 15) is 26.3 Å². The van der Waals surface area contributed by atoms with Crippen LogP contribution in [0.3, 0.4) is 0 Å². The molecule has 0 heterocycles. The van der Waals surface area contributed by atoms with E-state index in [0.717, 1.165) is 0 Å². The van der Waals surface area contributed by atoms with Gasteiger partial charge in [0, 0.05) is 32.9 Å². The van der Waals surface area contributed by atoms with Crippen LogP contribution in [0.25, 0.3) is 0 Å². The predicted octanol–water partition coefficient (Wildman–Crippen LogP) is 7.17. The first kappa shape index (κ1) is 33.3. The molecule has 0 aromatic rings. The van der Waals surface area contributed by atoms with Gasteiger partial charge in [-0.3, -0.25) is 0 Å². The van der Waals surface area contributed by atoms with Crippen LogP contribution in [0.5, 0.6) is 0 Å². The summed E-state index contributed by atoms with van der Waals surface area (Å²) in [6.45, 7) is 13.7. The average molecular weight is 593 g/mol. The Labute approximate surface area is 166 Å². The number of hydrogen-bond donors (Lipinski definition) is 0. The van der Waals surface area contributed by atoms with Gasteiger partial charge in [0.15, 0.2) is 0 Å². The zero-order valence-electron chi connectivity index (χ0n) is 15.7. The van der Waals surface area contributed by atoms with E-state index in [1.807, 2.05) is 0 Å². The molecule has 0 radical (unpaired) electrons. The first-order valence-corrected chi connectivity index (χ1v) is 11.8. The van der Waals surface area contributed by atoms with E-state index < -0.39 is 12.4 Å². The minimum atomic E-state index is -5.07. The molecule has 25 heavy (non-hydrogen) atoms. The molecule has 0 saturated heterocycles. The molecule has 0 nitrogen and oxygen atoms in total. The standard InChI is InChI=1S/2C6H15P.C4F6.Pt/c2*1-4-7(5-2)6-3;5-3(6,7)1-2-4(8,9)10;/h2*4-6H2,1-3H3;;. The molecule has 0 unspecified atom stereocenters. The summed E-state index contributed by atoms with van der Waals surface area (Å²) in [5.41, 5.74) is 0. The maximum atomic E-state index is 10.9. The Hall–Kier alpha value is 0.688. The number of rotatable bonds is 6. The number of halogens is 6. The van der Waals surface area contributed by atoms with Gasteiger partial charge in [-0.1, -0.05) is 41.5 Å². The van der Waals surface area contributed by atoms with Crippen molar-refractivity contribution < 1.29 is 47.4 Å². The van der Waals surface area contributed by atoms with Crippen LogP contribution in [0.4, 0.5) is 26.3 Å². The summed E-state index contributed by atoms with van der Waals surface area (Å²) in [5.74, 6) is 0.174. The van der Waals surface area contributed by atoms with Crippen LogP contribution in [0.15, 0.2) is 0 Å². The quantitative estimate of drug-likeness (QED) is 0.174. The van der Waals surface area contributed by atoms with Crippen molar-refractivity contribution >= 4 is 15.8 Å². The smallest absolute Gasteiger partial charge is 0.159 e. The number of alkyl halides is 6. The maximum absolute atomic E-state index is 10.9. The van der Waals surface area contributed by atoms with Crippen molar-refractivity contribution in [1.29, 1.82) is 0 Å². The van der Waals surface area contributed by atoms with Crippen molar-refractivity contribution in [2.75, 3.05) is 37.0 Å². The molecular weight excluding hydrogens is 563 g/mol. The molecule has 0 amide bonds. The summed E-state index contributed by atoms with van der Waals surface area (Å²) in [6, 6.07) is 0. The molecule has 0 aromatic heterocycles. The van der Waals surface area contributed by atoms with E-state index in [1.54, 1.807) is 0 Å². The monoisotopic (exact) mass is 593 g/mol. The van der Waals surface area contributed by atoms with Gasteiger partial charge in [0.05, 0.1) is 0 Å². The van der Waals surface area contributed by atoms with Gasteiger partial charge in [0.2, 0.25) is 0 Å². The van der Waals surface area contributed by atoms with Crippen LogP contribution in [0.2, 0.25) is 0 Å². The zero-order chi connectivity index (χ0) is 19.8. The summed E-state index contributed by atoms with van der Waals surface area (Å²) in [7, 11) is 0.892. The SMILES string of the molecule is CCP(CC)CC.CCP(CC)CC.FC(F)(F)C#CC(F)(F)F.[Pt]. The molecule has 0 spiro atoms. The van der Waals surface area contributed by atoms with Crippen molar-refractivity contribution in [2.24, 2.45) is 0 Å². The third-order valence-corrected chi connectivity index (χ3v) is 8.40. The first-order chi connectivity index (χ1) is 10.9. The first-order valence-electron chi connectivity index (χ1n) is 8.02. The molecule has 0 rings (SSSR count). The summed E-state index contributed by atoms with van der Waals surface area (Å²) in [4.78, 5) is 0. The molecule has 0 aromatic carbocycles. The van der Waals surface area contributed by atoms with Crippen molar-refractivity contribution in [3.63, 3.8) is 0 Å². The average Bonchev–Trinajstić information content (AvgIpc) is 2.49. The Morgan fingerprint density at radius 2 is 0.680 bits per heavy atom. The second-order valence-corrected chi connectivity index (χ2v) is 11.0. The van der Waals surface area contributed by atoms with Gasteiger partial charge >= 0.3 is 12.4 Å². The van der Waals surface area contributed by atoms with E-state index in [-0.39, 0.29) is 32.9 Å². The van der Waals surface area contributed by atoms with Gasteiger partial charge in [-0.15, -0.1) is 15.8 Å². The van der Waals surface area contributed by atoms with E-state index >= 15 is 0 Å². The minimum absolute atomic E-state index is 0. The largest absolute Gasteiger partial charge is 0.457 e. The predicted molar refractivity (Wildman–Crippen MR) is 97.0 cm³/mol. The van der Waals surface area contributed by atoms with E-state index in [2.05, 4.69) is 41.5 Å². The van der Waals surface area contributed by atoms with Crippen LogP contribution in [0.1, 0.15) is 41.5 Å². The summed E-state index contributed by atoms with van der Waals surface area (Å²) >= 11 is 0. The van der Waals surface area contributed by atoms with Gasteiger partial charge in [-0.25, -0.2) is 0 Å². The molecule has 156 valence electrons. The summed E-state index contributed by atoms with van der Waals surface area (Å²) in [5, 5.41) is 0. The van der Waals surface area contributed by atoms with Crippen molar-refractivity contribution in [3.8, 4) is 11.8 Å². The van der Waals surface area contributed by atoms with Gasteiger partial charge in [-0.05, 0) is 37.0 Å². The molecule has 0 fully saturated rings. The molecule has 9 heteroatoms. The Bertz CT molecular complexity index is 285. The van der Waals surface area contributed by atoms with E-state index in [1.165, 1.54) is 37.0 Å². The molecule has 0 atom stereocenters. The van der Waals surface area contributed by atoms with E-state index in [0.29, 0.717) is 15.8 Å². The molecule has 0 N–H and O–H groups in total. The minimum Gasteiger partial charge on any atom is -0.159 e. The van der Waals surface area contributed by atoms with Crippen LogP contribution in [-0.4, -0.2) is 49.3 Å². The summed E-state index contributed by atoms with van der Waals surface area (Å²) < 4.78 is 65.5. The van der Waals surface area contributed by atoms with Crippen LogP contribution in [-0.2, 0) is 21.1 Å². The Kier molecular flexibility index (Phi) is 25.9. The van der Waals surface area contributed by atoms with Crippen molar-refractivity contribution in [3.05, 3.63) is 0 Å². The second kappa shape index (κ2) is 19.4. The van der Waals surface area contributed by atoms with Crippen molar-refractivity contribution in [2.45, 2.75) is 53.9 Å². The fraction of sp³-hybridized carbons (Fsp3) is 0.875. The van der Waals surface area contributed by atoms with Gasteiger partial charge < -0.3 is 0 Å². The molecule has 0 saturated carbocycles. The molecular formula is C16H30F6P2Pt. The van der Waals surface area contributed by atoms with E-state index in [4.69, 9.17) is 0 Å². The van der Waals surface area contributed by atoms with Crippen LogP contribution in [0, 0.1) is 11.8 Å². The fourth-order valence-corrected chi connectivity index (χ4v) is 4.17. The summed E-state index contributed by atoms with van der Waals surface area (Å²) in [6.07, 6.45) is -1.63. The van der Waals surface area contributed by atoms with Gasteiger partial charge in [0.1, 0.15) is 0 Å². The normalized spacial score (nSPS) is 10.6. The molecule has 0 aliphatic carbocycles. The topological polar surface area (TPSA) is 0 Å². The van der Waals surface area contributed by atoms with Crippen molar-refractivity contribution in [1.82, 2.24) is 0 Å². The molecule has 0 bridgehead atoms. The van der Waals surface area contributed by atoms with Crippen LogP contribution < -0.4 is 0 Å². The van der Waals surface area contributed by atoms with Gasteiger partial charge in [0.25, 0.3) is 0 Å². The maximum Gasteiger partial charge on any atom is 0.457 e. The zero-order valence-corrected chi connectivity index (χ0v) is 19.8.